The number of esters is 2. The Labute approximate surface area is 185 Å². The molecule has 2 amide bonds. The molecule has 0 aliphatic rings. The van der Waals surface area contributed by atoms with E-state index in [1.54, 1.807) is 60.7 Å². The smallest absolute Gasteiger partial charge is 0.341 e. The maximum Gasteiger partial charge on any atom is 0.341 e. The second-order valence-electron chi connectivity index (χ2n) is 6.62. The number of para-hydroxylation sites is 1. The average molecular weight is 434 g/mol. The molecule has 0 heterocycles. The van der Waals surface area contributed by atoms with Crippen LogP contribution < -0.4 is 15.4 Å². The predicted octanol–water partition coefficient (Wildman–Crippen LogP) is 4.48. The molecule has 0 saturated carbocycles. The molecular weight excluding hydrogens is 412 g/mol. The minimum absolute atomic E-state index is 0.159. The van der Waals surface area contributed by atoms with Crippen molar-refractivity contribution in [3.05, 3.63) is 89.5 Å². The zero-order valence-corrected chi connectivity index (χ0v) is 17.6. The van der Waals surface area contributed by atoms with Crippen LogP contribution in [0.15, 0.2) is 72.8 Å². The number of carbonyl (C=O) groups excluding carboxylic acids is 3. The highest BCUT2D eigenvalue weighted by molar-refractivity contribution is 6.01. The third-order valence-corrected chi connectivity index (χ3v) is 4.44. The Bertz CT molecular complexity index is 1100. The second-order valence-corrected chi connectivity index (χ2v) is 6.62. The number of carbonyl (C=O) groups is 3. The van der Waals surface area contributed by atoms with Gasteiger partial charge in [-0.05, 0) is 48.0 Å². The number of anilines is 2. The Morgan fingerprint density at radius 2 is 1.41 bits per heavy atom. The van der Waals surface area contributed by atoms with Crippen LogP contribution in [0, 0.1) is 0 Å². The van der Waals surface area contributed by atoms with Gasteiger partial charge in [0.2, 0.25) is 0 Å². The largest absolute Gasteiger partial charge is 0.488 e. The van der Waals surface area contributed by atoms with Crippen LogP contribution in [0.1, 0.15) is 26.3 Å². The van der Waals surface area contributed by atoms with Crippen LogP contribution in [0.2, 0.25) is 0 Å². The lowest BCUT2D eigenvalue weighted by molar-refractivity contribution is 0.0588. The average Bonchev–Trinajstić information content (AvgIpc) is 2.83. The van der Waals surface area contributed by atoms with Gasteiger partial charge >= 0.3 is 18.0 Å². The van der Waals surface area contributed by atoms with E-state index in [9.17, 15) is 14.4 Å². The summed E-state index contributed by atoms with van der Waals surface area (Å²) < 4.78 is 15.3. The lowest BCUT2D eigenvalue weighted by atomic mass is 10.1. The van der Waals surface area contributed by atoms with Crippen molar-refractivity contribution in [2.75, 3.05) is 24.9 Å². The molecule has 0 atom stereocenters. The Morgan fingerprint density at radius 3 is 2.06 bits per heavy atom. The first kappa shape index (κ1) is 22.4. The van der Waals surface area contributed by atoms with Crippen LogP contribution in [-0.4, -0.2) is 32.2 Å². The number of methoxy groups -OCH3 is 2. The van der Waals surface area contributed by atoms with Gasteiger partial charge in [-0.25, -0.2) is 14.4 Å². The molecule has 0 fully saturated rings. The number of hydrogen-bond donors (Lipinski definition) is 2. The van der Waals surface area contributed by atoms with Crippen molar-refractivity contribution >= 4 is 29.3 Å². The van der Waals surface area contributed by atoms with Crippen molar-refractivity contribution in [3.8, 4) is 5.75 Å². The molecule has 3 aromatic carbocycles. The number of ether oxygens (including phenoxy) is 3. The fourth-order valence-corrected chi connectivity index (χ4v) is 2.83. The molecule has 3 aromatic rings. The Morgan fingerprint density at radius 1 is 0.750 bits per heavy atom. The van der Waals surface area contributed by atoms with Gasteiger partial charge in [0, 0.05) is 11.4 Å². The molecule has 164 valence electrons. The molecule has 0 aliphatic heterocycles. The number of nitrogens with one attached hydrogen (secondary N) is 2. The highest BCUT2D eigenvalue weighted by Crippen LogP contribution is 2.25. The molecule has 8 nitrogen and oxygen atoms in total. The van der Waals surface area contributed by atoms with Crippen molar-refractivity contribution in [1.29, 1.82) is 0 Å². The number of benzene rings is 3. The van der Waals surface area contributed by atoms with Gasteiger partial charge < -0.3 is 24.8 Å². The van der Waals surface area contributed by atoms with Crippen molar-refractivity contribution < 1.29 is 28.6 Å². The Kier molecular flexibility index (Phi) is 7.42. The quantitative estimate of drug-likeness (QED) is 0.532. The molecule has 2 N–H and O–H groups in total. The highest BCUT2D eigenvalue weighted by atomic mass is 16.5. The van der Waals surface area contributed by atoms with Crippen LogP contribution in [-0.2, 0) is 16.1 Å². The molecule has 32 heavy (non-hydrogen) atoms. The van der Waals surface area contributed by atoms with E-state index in [1.165, 1.54) is 20.3 Å². The normalized spacial score (nSPS) is 10.1. The lowest BCUT2D eigenvalue weighted by Crippen LogP contribution is -2.19. The summed E-state index contributed by atoms with van der Waals surface area (Å²) in [5, 5.41) is 5.38. The summed E-state index contributed by atoms with van der Waals surface area (Å²) >= 11 is 0. The third-order valence-electron chi connectivity index (χ3n) is 4.44. The number of hydrogen-bond acceptors (Lipinski definition) is 6. The summed E-state index contributed by atoms with van der Waals surface area (Å²) in [4.78, 5) is 36.0. The van der Waals surface area contributed by atoms with Crippen molar-refractivity contribution in [1.82, 2.24) is 0 Å². The third kappa shape index (κ3) is 5.85. The molecule has 0 spiro atoms. The molecule has 0 unspecified atom stereocenters. The van der Waals surface area contributed by atoms with Crippen LogP contribution >= 0.6 is 0 Å². The van der Waals surface area contributed by atoms with Gasteiger partial charge in [0.05, 0.1) is 19.8 Å². The van der Waals surface area contributed by atoms with Crippen LogP contribution in [0.4, 0.5) is 16.2 Å². The van der Waals surface area contributed by atoms with Gasteiger partial charge in [0.15, 0.2) is 0 Å². The van der Waals surface area contributed by atoms with Crippen LogP contribution in [0.3, 0.4) is 0 Å². The van der Waals surface area contributed by atoms with Gasteiger partial charge in [-0.1, -0.05) is 30.3 Å². The van der Waals surface area contributed by atoms with Gasteiger partial charge in [-0.3, -0.25) is 0 Å². The van der Waals surface area contributed by atoms with E-state index in [1.807, 2.05) is 6.07 Å². The van der Waals surface area contributed by atoms with Crippen molar-refractivity contribution in [3.63, 3.8) is 0 Å². The molecule has 0 bridgehead atoms. The van der Waals surface area contributed by atoms with Crippen molar-refractivity contribution in [2.24, 2.45) is 0 Å². The van der Waals surface area contributed by atoms with Gasteiger partial charge in [-0.2, -0.15) is 0 Å². The Hall–Kier alpha value is -4.33. The number of rotatable bonds is 7. The van der Waals surface area contributed by atoms with E-state index in [2.05, 4.69) is 15.4 Å². The standard InChI is InChI=1S/C24H22N2O6/c1-30-22(27)17-10-8-16(9-11-17)15-32-21-13-12-19(14-20(21)23(28)31-2)26-24(29)25-18-6-4-3-5-7-18/h3-14H,15H2,1-2H3,(H2,25,26,29). The first-order chi connectivity index (χ1) is 15.5. The summed E-state index contributed by atoms with van der Waals surface area (Å²) in [5.41, 5.74) is 2.41. The fraction of sp³-hybridized carbons (Fsp3) is 0.125. The zero-order valence-electron chi connectivity index (χ0n) is 17.6. The molecule has 0 radical (unpaired) electrons. The number of urea groups is 1. The maximum absolute atomic E-state index is 12.2. The monoisotopic (exact) mass is 434 g/mol. The molecular formula is C24H22N2O6. The summed E-state index contributed by atoms with van der Waals surface area (Å²) in [6.07, 6.45) is 0. The molecule has 8 heteroatoms. The zero-order chi connectivity index (χ0) is 22.9. The van der Waals surface area contributed by atoms with E-state index in [4.69, 9.17) is 9.47 Å². The van der Waals surface area contributed by atoms with E-state index >= 15 is 0 Å². The predicted molar refractivity (Wildman–Crippen MR) is 119 cm³/mol. The van der Waals surface area contributed by atoms with Gasteiger partial charge in [-0.15, -0.1) is 0 Å². The van der Waals surface area contributed by atoms with Crippen LogP contribution in [0.25, 0.3) is 0 Å². The first-order valence-electron chi connectivity index (χ1n) is 9.65. The number of amides is 2. The lowest BCUT2D eigenvalue weighted by Gasteiger charge is -2.13. The van der Waals surface area contributed by atoms with E-state index in [-0.39, 0.29) is 12.2 Å². The van der Waals surface area contributed by atoms with Crippen molar-refractivity contribution in [2.45, 2.75) is 6.61 Å². The second kappa shape index (κ2) is 10.6. The summed E-state index contributed by atoms with van der Waals surface area (Å²) in [6, 6.07) is 19.9. The first-order valence-corrected chi connectivity index (χ1v) is 9.65. The summed E-state index contributed by atoms with van der Waals surface area (Å²) in [6.45, 7) is 0.159. The van der Waals surface area contributed by atoms with E-state index < -0.39 is 18.0 Å². The van der Waals surface area contributed by atoms with E-state index in [0.717, 1.165) is 5.56 Å². The summed E-state index contributed by atoms with van der Waals surface area (Å²) in [5.74, 6) is -0.735. The topological polar surface area (TPSA) is 103 Å². The SMILES string of the molecule is COC(=O)c1ccc(COc2ccc(NC(=O)Nc3ccccc3)cc2C(=O)OC)cc1. The molecule has 0 aliphatic carbocycles. The minimum Gasteiger partial charge on any atom is -0.488 e. The van der Waals surface area contributed by atoms with Gasteiger partial charge in [0.25, 0.3) is 0 Å². The summed E-state index contributed by atoms with van der Waals surface area (Å²) in [7, 11) is 2.58. The minimum atomic E-state index is -0.604. The highest BCUT2D eigenvalue weighted by Gasteiger charge is 2.16. The molecule has 0 aromatic heterocycles. The Balaban J connectivity index is 1.70. The molecule has 0 saturated heterocycles. The van der Waals surface area contributed by atoms with Crippen LogP contribution in [0.5, 0.6) is 5.75 Å². The fourth-order valence-electron chi connectivity index (χ4n) is 2.83. The van der Waals surface area contributed by atoms with E-state index in [0.29, 0.717) is 22.7 Å². The maximum atomic E-state index is 12.2. The van der Waals surface area contributed by atoms with Gasteiger partial charge in [0.1, 0.15) is 17.9 Å². The molecule has 3 rings (SSSR count).